The number of carbonyl (C=O) groups is 1. The van der Waals surface area contributed by atoms with Crippen molar-refractivity contribution < 1.29 is 19.0 Å². The van der Waals surface area contributed by atoms with Gasteiger partial charge in [0.2, 0.25) is 5.91 Å². The third-order valence-corrected chi connectivity index (χ3v) is 3.49. The second-order valence-corrected chi connectivity index (χ2v) is 5.27. The maximum atomic E-state index is 11.8. The first-order valence-electron chi connectivity index (χ1n) is 7.86. The Morgan fingerprint density at radius 3 is 2.56 bits per heavy atom. The third kappa shape index (κ3) is 5.53. The van der Waals surface area contributed by atoms with Crippen molar-refractivity contribution in [3.05, 3.63) is 53.6 Å². The molecule has 1 N–H and O–H groups in total. The molecule has 0 radical (unpaired) electrons. The lowest BCUT2D eigenvalue weighted by atomic mass is 10.2. The van der Waals surface area contributed by atoms with E-state index in [2.05, 4.69) is 10.5 Å². The van der Waals surface area contributed by atoms with Crippen LogP contribution in [0.15, 0.2) is 47.6 Å². The van der Waals surface area contributed by atoms with Gasteiger partial charge in [-0.1, -0.05) is 18.2 Å². The molecular weight excluding hydrogens is 320 g/mol. The summed E-state index contributed by atoms with van der Waals surface area (Å²) in [4.78, 5) is 11.8. The van der Waals surface area contributed by atoms with Gasteiger partial charge in [-0.2, -0.15) is 5.10 Å². The molecule has 2 aromatic rings. The summed E-state index contributed by atoms with van der Waals surface area (Å²) in [5.74, 6) is 1.80. The van der Waals surface area contributed by atoms with Crippen LogP contribution in [0.4, 0.5) is 0 Å². The summed E-state index contributed by atoms with van der Waals surface area (Å²) in [6, 6.07) is 13.0. The van der Waals surface area contributed by atoms with Crippen LogP contribution in [-0.2, 0) is 4.79 Å². The van der Waals surface area contributed by atoms with Crippen LogP contribution in [0.25, 0.3) is 0 Å². The Morgan fingerprint density at radius 2 is 1.84 bits per heavy atom. The lowest BCUT2D eigenvalue weighted by Crippen LogP contribution is -2.20. The Morgan fingerprint density at radius 1 is 1.08 bits per heavy atom. The van der Waals surface area contributed by atoms with Crippen LogP contribution in [0.5, 0.6) is 17.2 Å². The molecule has 132 valence electrons. The van der Waals surface area contributed by atoms with Crippen LogP contribution in [0.3, 0.4) is 0 Å². The number of amides is 1. The van der Waals surface area contributed by atoms with E-state index in [1.54, 1.807) is 32.6 Å². The molecule has 0 saturated carbocycles. The van der Waals surface area contributed by atoms with Crippen molar-refractivity contribution in [2.45, 2.75) is 13.3 Å². The van der Waals surface area contributed by atoms with Crippen LogP contribution in [0, 0.1) is 6.92 Å². The molecule has 0 atom stereocenters. The van der Waals surface area contributed by atoms with E-state index in [4.69, 9.17) is 14.2 Å². The maximum Gasteiger partial charge on any atom is 0.243 e. The molecule has 6 heteroatoms. The molecule has 1 amide bonds. The van der Waals surface area contributed by atoms with Gasteiger partial charge in [0.05, 0.1) is 33.5 Å². The number of nitrogens with one attached hydrogen (secondary N) is 1. The number of hydrogen-bond acceptors (Lipinski definition) is 5. The normalized spacial score (nSPS) is 10.5. The highest BCUT2D eigenvalue weighted by molar-refractivity contribution is 5.83. The Balaban J connectivity index is 1.79. The van der Waals surface area contributed by atoms with Crippen molar-refractivity contribution in [1.29, 1.82) is 0 Å². The molecule has 0 unspecified atom stereocenters. The molecule has 6 nitrogen and oxygen atoms in total. The molecule has 0 aliphatic rings. The van der Waals surface area contributed by atoms with Crippen LogP contribution in [-0.4, -0.2) is 32.9 Å². The first-order valence-corrected chi connectivity index (χ1v) is 7.86. The second kappa shape index (κ2) is 9.32. The van der Waals surface area contributed by atoms with Crippen molar-refractivity contribution in [3.63, 3.8) is 0 Å². The second-order valence-electron chi connectivity index (χ2n) is 5.27. The van der Waals surface area contributed by atoms with Crippen molar-refractivity contribution in [3.8, 4) is 17.2 Å². The number of para-hydroxylation sites is 1. The Kier molecular flexibility index (Phi) is 6.83. The topological polar surface area (TPSA) is 69.2 Å². The molecular formula is C19H22N2O4. The predicted octanol–water partition coefficient (Wildman–Crippen LogP) is 2.93. The summed E-state index contributed by atoms with van der Waals surface area (Å²) >= 11 is 0. The van der Waals surface area contributed by atoms with Crippen molar-refractivity contribution >= 4 is 12.1 Å². The lowest BCUT2D eigenvalue weighted by Gasteiger charge is -2.08. The molecule has 25 heavy (non-hydrogen) atoms. The summed E-state index contributed by atoms with van der Waals surface area (Å²) < 4.78 is 16.0. The molecule has 0 aliphatic heterocycles. The van der Waals surface area contributed by atoms with Gasteiger partial charge in [0.25, 0.3) is 0 Å². The summed E-state index contributed by atoms with van der Waals surface area (Å²) in [7, 11) is 3.14. The van der Waals surface area contributed by atoms with Crippen LogP contribution in [0.2, 0.25) is 0 Å². The fourth-order valence-electron chi connectivity index (χ4n) is 2.14. The fourth-order valence-corrected chi connectivity index (χ4v) is 2.14. The first kappa shape index (κ1) is 18.3. The average molecular weight is 342 g/mol. The Hall–Kier alpha value is -3.02. The van der Waals surface area contributed by atoms with Gasteiger partial charge in [-0.3, -0.25) is 4.79 Å². The fraction of sp³-hybridized carbons (Fsp3) is 0.263. The van der Waals surface area contributed by atoms with Gasteiger partial charge in [0.15, 0.2) is 11.5 Å². The minimum atomic E-state index is -0.217. The first-order chi connectivity index (χ1) is 12.1. The number of ether oxygens (including phenoxy) is 3. The number of hydrogen-bond donors (Lipinski definition) is 1. The quantitative estimate of drug-likeness (QED) is 0.591. The minimum absolute atomic E-state index is 0.217. The maximum absolute atomic E-state index is 11.8. The van der Waals surface area contributed by atoms with Gasteiger partial charge in [-0.25, -0.2) is 5.43 Å². The number of benzene rings is 2. The smallest absolute Gasteiger partial charge is 0.243 e. The molecule has 2 aromatic carbocycles. The van der Waals surface area contributed by atoms with Crippen LogP contribution in [0.1, 0.15) is 17.5 Å². The summed E-state index contributed by atoms with van der Waals surface area (Å²) in [6.45, 7) is 2.26. The Bertz CT molecular complexity index is 744. The van der Waals surface area contributed by atoms with Crippen molar-refractivity contribution in [2.75, 3.05) is 20.8 Å². The van der Waals surface area contributed by atoms with Gasteiger partial charge >= 0.3 is 0 Å². The van der Waals surface area contributed by atoms with E-state index in [-0.39, 0.29) is 12.3 Å². The van der Waals surface area contributed by atoms with Crippen molar-refractivity contribution in [1.82, 2.24) is 5.43 Å². The third-order valence-electron chi connectivity index (χ3n) is 3.49. The van der Waals surface area contributed by atoms with E-state index in [1.807, 2.05) is 37.3 Å². The van der Waals surface area contributed by atoms with Gasteiger partial charge in [0, 0.05) is 0 Å². The standard InChI is InChI=1S/C19H22N2O4/c1-14-6-4-5-7-16(14)25-11-10-19(22)21-20-13-15-8-9-17(23-2)18(12-15)24-3/h4-9,12-13H,10-11H2,1-3H3,(H,21,22)/b20-13-. The van der Waals surface area contributed by atoms with E-state index >= 15 is 0 Å². The molecule has 0 spiro atoms. The number of hydrazone groups is 1. The highest BCUT2D eigenvalue weighted by atomic mass is 16.5. The summed E-state index contributed by atoms with van der Waals surface area (Å²) in [5, 5.41) is 3.94. The zero-order chi connectivity index (χ0) is 18.1. The lowest BCUT2D eigenvalue weighted by molar-refractivity contribution is -0.121. The SMILES string of the molecule is COc1ccc(/C=N\NC(=O)CCOc2ccccc2C)cc1OC. The average Bonchev–Trinajstić information content (AvgIpc) is 2.63. The summed E-state index contributed by atoms with van der Waals surface area (Å²) in [6.07, 6.45) is 1.76. The van der Waals surface area contributed by atoms with E-state index in [1.165, 1.54) is 0 Å². The predicted molar refractivity (Wildman–Crippen MR) is 96.6 cm³/mol. The number of rotatable bonds is 8. The largest absolute Gasteiger partial charge is 0.493 e. The molecule has 0 fully saturated rings. The zero-order valence-corrected chi connectivity index (χ0v) is 14.6. The van der Waals surface area contributed by atoms with E-state index in [0.717, 1.165) is 16.9 Å². The van der Waals surface area contributed by atoms with Gasteiger partial charge in [0.1, 0.15) is 5.75 Å². The van der Waals surface area contributed by atoms with E-state index in [0.29, 0.717) is 18.1 Å². The highest BCUT2D eigenvalue weighted by Crippen LogP contribution is 2.26. The Labute approximate surface area is 147 Å². The van der Waals surface area contributed by atoms with Crippen LogP contribution < -0.4 is 19.6 Å². The monoisotopic (exact) mass is 342 g/mol. The van der Waals surface area contributed by atoms with Crippen molar-refractivity contribution in [2.24, 2.45) is 5.10 Å². The minimum Gasteiger partial charge on any atom is -0.493 e. The van der Waals surface area contributed by atoms with Gasteiger partial charge in [-0.05, 0) is 42.3 Å². The number of methoxy groups -OCH3 is 2. The number of nitrogens with zero attached hydrogens (tertiary/aromatic N) is 1. The summed E-state index contributed by atoms with van der Waals surface area (Å²) in [5.41, 5.74) is 4.30. The number of aryl methyl sites for hydroxylation is 1. The van der Waals surface area contributed by atoms with Gasteiger partial charge in [-0.15, -0.1) is 0 Å². The van der Waals surface area contributed by atoms with E-state index < -0.39 is 0 Å². The zero-order valence-electron chi connectivity index (χ0n) is 14.6. The van der Waals surface area contributed by atoms with Gasteiger partial charge < -0.3 is 14.2 Å². The molecule has 0 saturated heterocycles. The molecule has 0 bridgehead atoms. The van der Waals surface area contributed by atoms with Crippen LogP contribution >= 0.6 is 0 Å². The molecule has 0 aliphatic carbocycles. The molecule has 0 aromatic heterocycles. The van der Waals surface area contributed by atoms with E-state index in [9.17, 15) is 4.79 Å². The highest BCUT2D eigenvalue weighted by Gasteiger charge is 2.04. The number of carbonyl (C=O) groups excluding carboxylic acids is 1. The molecule has 0 heterocycles. The molecule has 2 rings (SSSR count).